The van der Waals surface area contributed by atoms with E-state index in [1.807, 2.05) is 60.7 Å². The van der Waals surface area contributed by atoms with Crippen LogP contribution in [0.3, 0.4) is 0 Å². The van der Waals surface area contributed by atoms with E-state index in [2.05, 4.69) is 17.0 Å². The molecule has 0 aliphatic carbocycles. The molecule has 1 fully saturated rings. The van der Waals surface area contributed by atoms with Crippen LogP contribution in [0, 0.1) is 0 Å². The minimum absolute atomic E-state index is 0.00658. The molecule has 0 radical (unpaired) electrons. The van der Waals surface area contributed by atoms with Crippen molar-refractivity contribution in [3.63, 3.8) is 0 Å². The number of furan rings is 1. The van der Waals surface area contributed by atoms with Gasteiger partial charge in [0.15, 0.2) is 0 Å². The lowest BCUT2D eigenvalue weighted by atomic mass is 10.1. The second-order valence-corrected chi connectivity index (χ2v) is 9.38. The van der Waals surface area contributed by atoms with Gasteiger partial charge in [0.25, 0.3) is 0 Å². The van der Waals surface area contributed by atoms with Crippen molar-refractivity contribution in [1.82, 2.24) is 14.7 Å². The molecule has 3 aromatic rings. The Kier molecular flexibility index (Phi) is 10.9. The molecule has 2 heterocycles. The summed E-state index contributed by atoms with van der Waals surface area (Å²) in [6, 6.07) is 23.5. The van der Waals surface area contributed by atoms with Crippen LogP contribution in [0.2, 0.25) is 0 Å². The average molecular weight is 520 g/mol. The Bertz CT molecular complexity index is 1090. The highest BCUT2D eigenvalue weighted by Crippen LogP contribution is 2.10. The SMILES string of the molecule is O=C(COCc1ccccc1)N(CCN1CCOCC1)CC(=O)N(CCc1ccccc1)Cc1ccco1. The van der Waals surface area contributed by atoms with Crippen LogP contribution < -0.4 is 0 Å². The van der Waals surface area contributed by atoms with Gasteiger partial charge in [-0.2, -0.15) is 0 Å². The van der Waals surface area contributed by atoms with Gasteiger partial charge in [-0.05, 0) is 29.7 Å². The van der Waals surface area contributed by atoms with Crippen LogP contribution in [0.25, 0.3) is 0 Å². The lowest BCUT2D eigenvalue weighted by Crippen LogP contribution is -2.48. The van der Waals surface area contributed by atoms with Crippen LogP contribution in [0.15, 0.2) is 83.5 Å². The average Bonchev–Trinajstić information content (AvgIpc) is 3.48. The van der Waals surface area contributed by atoms with Crippen molar-refractivity contribution >= 4 is 11.8 Å². The molecule has 0 saturated carbocycles. The third-order valence-electron chi connectivity index (χ3n) is 6.60. The van der Waals surface area contributed by atoms with Crippen molar-refractivity contribution < 1.29 is 23.5 Å². The van der Waals surface area contributed by atoms with E-state index >= 15 is 0 Å². The number of benzene rings is 2. The highest BCUT2D eigenvalue weighted by atomic mass is 16.5. The number of ether oxygens (including phenoxy) is 2. The van der Waals surface area contributed by atoms with Crippen molar-refractivity contribution in [2.24, 2.45) is 0 Å². The molecule has 8 nitrogen and oxygen atoms in total. The van der Waals surface area contributed by atoms with Crippen LogP contribution in [-0.2, 0) is 38.6 Å². The first kappa shape index (κ1) is 27.6. The molecular weight excluding hydrogens is 482 g/mol. The zero-order chi connectivity index (χ0) is 26.4. The fourth-order valence-corrected chi connectivity index (χ4v) is 4.36. The topological polar surface area (TPSA) is 75.5 Å². The Hall–Kier alpha value is -3.46. The Morgan fingerprint density at radius 1 is 0.816 bits per heavy atom. The minimum Gasteiger partial charge on any atom is -0.467 e. The Morgan fingerprint density at radius 3 is 2.21 bits per heavy atom. The number of carbonyl (C=O) groups excluding carboxylic acids is 2. The highest BCUT2D eigenvalue weighted by Gasteiger charge is 2.23. The van der Waals surface area contributed by atoms with E-state index in [1.54, 1.807) is 16.1 Å². The van der Waals surface area contributed by atoms with Gasteiger partial charge in [-0.1, -0.05) is 60.7 Å². The van der Waals surface area contributed by atoms with Crippen molar-refractivity contribution in [1.29, 1.82) is 0 Å². The molecule has 0 atom stereocenters. The first-order chi connectivity index (χ1) is 18.7. The van der Waals surface area contributed by atoms with E-state index < -0.39 is 0 Å². The molecule has 0 unspecified atom stereocenters. The summed E-state index contributed by atoms with van der Waals surface area (Å²) in [7, 11) is 0. The maximum Gasteiger partial charge on any atom is 0.249 e. The molecule has 1 aliphatic heterocycles. The summed E-state index contributed by atoms with van der Waals surface area (Å²) in [5.41, 5.74) is 2.15. The van der Waals surface area contributed by atoms with Gasteiger partial charge in [0.2, 0.25) is 11.8 Å². The van der Waals surface area contributed by atoms with E-state index in [-0.39, 0.29) is 25.0 Å². The number of amides is 2. The van der Waals surface area contributed by atoms with E-state index in [4.69, 9.17) is 13.9 Å². The number of nitrogens with zero attached hydrogens (tertiary/aromatic N) is 3. The number of hydrogen-bond acceptors (Lipinski definition) is 6. The van der Waals surface area contributed by atoms with Crippen LogP contribution in [0.1, 0.15) is 16.9 Å². The van der Waals surface area contributed by atoms with E-state index in [9.17, 15) is 9.59 Å². The number of rotatable bonds is 14. The maximum atomic E-state index is 13.6. The zero-order valence-corrected chi connectivity index (χ0v) is 21.9. The summed E-state index contributed by atoms with van der Waals surface area (Å²) in [4.78, 5) is 32.5. The first-order valence-corrected chi connectivity index (χ1v) is 13.2. The van der Waals surface area contributed by atoms with Crippen molar-refractivity contribution in [2.45, 2.75) is 19.6 Å². The summed E-state index contributed by atoms with van der Waals surface area (Å²) in [5, 5.41) is 0. The van der Waals surface area contributed by atoms with Crippen LogP contribution in [0.5, 0.6) is 0 Å². The molecule has 202 valence electrons. The van der Waals surface area contributed by atoms with Gasteiger partial charge in [0, 0.05) is 32.7 Å². The second-order valence-electron chi connectivity index (χ2n) is 9.38. The molecule has 0 bridgehead atoms. The quantitative estimate of drug-likeness (QED) is 0.326. The summed E-state index contributed by atoms with van der Waals surface area (Å²) in [5.74, 6) is 0.406. The summed E-state index contributed by atoms with van der Waals surface area (Å²) in [6.45, 7) is 5.29. The molecule has 0 spiro atoms. The van der Waals surface area contributed by atoms with Crippen molar-refractivity contribution in [3.8, 4) is 0 Å². The Morgan fingerprint density at radius 2 is 1.53 bits per heavy atom. The normalized spacial score (nSPS) is 13.8. The fraction of sp³-hybridized carbons (Fsp3) is 0.400. The monoisotopic (exact) mass is 519 g/mol. The molecular formula is C30H37N3O5. The van der Waals surface area contributed by atoms with E-state index in [0.717, 1.165) is 30.6 Å². The molecule has 4 rings (SSSR count). The lowest BCUT2D eigenvalue weighted by Gasteiger charge is -2.31. The molecule has 38 heavy (non-hydrogen) atoms. The summed E-state index contributed by atoms with van der Waals surface area (Å²) >= 11 is 0. The van der Waals surface area contributed by atoms with Gasteiger partial charge in [-0.25, -0.2) is 0 Å². The number of carbonyl (C=O) groups is 2. The summed E-state index contributed by atoms with van der Waals surface area (Å²) in [6.07, 6.45) is 2.33. The summed E-state index contributed by atoms with van der Waals surface area (Å²) < 4.78 is 16.7. The lowest BCUT2D eigenvalue weighted by molar-refractivity contribution is -0.144. The third-order valence-corrected chi connectivity index (χ3v) is 6.60. The van der Waals surface area contributed by atoms with Crippen LogP contribution in [-0.4, -0.2) is 85.6 Å². The number of hydrogen-bond donors (Lipinski definition) is 0. The van der Waals surface area contributed by atoms with Gasteiger partial charge in [-0.3, -0.25) is 14.5 Å². The second kappa shape index (κ2) is 15.1. The van der Waals surface area contributed by atoms with Gasteiger partial charge >= 0.3 is 0 Å². The van der Waals surface area contributed by atoms with Gasteiger partial charge in [0.05, 0.1) is 39.2 Å². The predicted octanol–water partition coefficient (Wildman–Crippen LogP) is 3.23. The number of morpholine rings is 1. The molecule has 1 aromatic heterocycles. The van der Waals surface area contributed by atoms with Gasteiger partial charge in [-0.15, -0.1) is 0 Å². The van der Waals surface area contributed by atoms with E-state index in [1.165, 1.54) is 0 Å². The first-order valence-electron chi connectivity index (χ1n) is 13.2. The molecule has 2 aromatic carbocycles. The standard InChI is InChI=1S/C30H37N3O5/c34-29(32(22-28-12-7-19-38-28)14-13-26-8-3-1-4-9-26)23-33(16-15-31-17-20-36-21-18-31)30(35)25-37-24-27-10-5-2-6-11-27/h1-12,19H,13-18,20-25H2. The van der Waals surface area contributed by atoms with Gasteiger partial charge < -0.3 is 23.7 Å². The smallest absolute Gasteiger partial charge is 0.249 e. The highest BCUT2D eigenvalue weighted by molar-refractivity contribution is 5.85. The largest absolute Gasteiger partial charge is 0.467 e. The van der Waals surface area contributed by atoms with Crippen LogP contribution >= 0.6 is 0 Å². The molecule has 0 N–H and O–H groups in total. The molecule has 2 amide bonds. The van der Waals surface area contributed by atoms with Crippen LogP contribution in [0.4, 0.5) is 0 Å². The van der Waals surface area contributed by atoms with E-state index in [0.29, 0.717) is 51.8 Å². The molecule has 8 heteroatoms. The minimum atomic E-state index is -0.191. The molecule has 1 aliphatic rings. The van der Waals surface area contributed by atoms with Crippen molar-refractivity contribution in [3.05, 3.63) is 95.9 Å². The van der Waals surface area contributed by atoms with Gasteiger partial charge in [0.1, 0.15) is 12.4 Å². The van der Waals surface area contributed by atoms with Crippen molar-refractivity contribution in [2.75, 3.05) is 59.1 Å². The predicted molar refractivity (Wildman–Crippen MR) is 144 cm³/mol. The third kappa shape index (κ3) is 9.13. The zero-order valence-electron chi connectivity index (χ0n) is 21.9. The Balaban J connectivity index is 1.39. The molecule has 1 saturated heterocycles. The Labute approximate surface area is 224 Å². The fourth-order valence-electron chi connectivity index (χ4n) is 4.36. The maximum absolute atomic E-state index is 13.6.